The monoisotopic (exact) mass is 321 g/mol. The number of ether oxygens (including phenoxy) is 1. The van der Waals surface area contributed by atoms with Crippen LogP contribution in [0.15, 0.2) is 48.8 Å². The SMILES string of the molecule is CC(CO)Oc1ccc2c(c1)c(-c1cc3cccnc3[nH]1)cn2C. The Balaban J connectivity index is 1.86. The molecule has 5 heteroatoms. The van der Waals surface area contributed by atoms with Crippen molar-refractivity contribution in [2.24, 2.45) is 7.05 Å². The number of rotatable bonds is 4. The van der Waals surface area contributed by atoms with Crippen LogP contribution in [0.3, 0.4) is 0 Å². The zero-order valence-corrected chi connectivity index (χ0v) is 13.7. The summed E-state index contributed by atoms with van der Waals surface area (Å²) in [5.74, 6) is 0.755. The van der Waals surface area contributed by atoms with Gasteiger partial charge in [-0.05, 0) is 43.3 Å². The summed E-state index contributed by atoms with van der Waals surface area (Å²) >= 11 is 0. The first kappa shape index (κ1) is 14.8. The Morgan fingerprint density at radius 1 is 1.29 bits per heavy atom. The molecule has 0 aliphatic heterocycles. The first-order valence-corrected chi connectivity index (χ1v) is 7.96. The average molecular weight is 321 g/mol. The highest BCUT2D eigenvalue weighted by Crippen LogP contribution is 2.33. The van der Waals surface area contributed by atoms with Gasteiger partial charge in [-0.3, -0.25) is 0 Å². The Bertz CT molecular complexity index is 983. The maximum Gasteiger partial charge on any atom is 0.137 e. The van der Waals surface area contributed by atoms with Gasteiger partial charge in [0.25, 0.3) is 0 Å². The number of aliphatic hydroxyl groups excluding tert-OH is 1. The van der Waals surface area contributed by atoms with Crippen LogP contribution >= 0.6 is 0 Å². The minimum atomic E-state index is -0.230. The topological polar surface area (TPSA) is 63.1 Å². The summed E-state index contributed by atoms with van der Waals surface area (Å²) in [6.07, 6.45) is 3.66. The van der Waals surface area contributed by atoms with Crippen LogP contribution in [0.25, 0.3) is 33.2 Å². The second-order valence-electron chi connectivity index (χ2n) is 6.07. The molecule has 4 rings (SSSR count). The fourth-order valence-corrected chi connectivity index (χ4v) is 3.03. The van der Waals surface area contributed by atoms with Crippen molar-refractivity contribution in [1.29, 1.82) is 0 Å². The molecule has 1 atom stereocenters. The molecule has 3 aromatic heterocycles. The maximum absolute atomic E-state index is 9.19. The molecular weight excluding hydrogens is 302 g/mol. The third-order valence-electron chi connectivity index (χ3n) is 4.24. The summed E-state index contributed by atoms with van der Waals surface area (Å²) in [5.41, 5.74) is 4.14. The number of hydrogen-bond donors (Lipinski definition) is 2. The Morgan fingerprint density at radius 3 is 2.96 bits per heavy atom. The van der Waals surface area contributed by atoms with E-state index in [1.54, 1.807) is 6.20 Å². The summed E-state index contributed by atoms with van der Waals surface area (Å²) in [6, 6.07) is 12.1. The van der Waals surface area contributed by atoms with Crippen molar-refractivity contribution in [3.63, 3.8) is 0 Å². The predicted octanol–water partition coefficient (Wildman–Crippen LogP) is 3.48. The van der Waals surface area contributed by atoms with E-state index in [0.717, 1.165) is 38.9 Å². The first-order chi connectivity index (χ1) is 11.7. The van der Waals surface area contributed by atoms with Gasteiger partial charge < -0.3 is 19.4 Å². The molecule has 0 amide bonds. The summed E-state index contributed by atoms with van der Waals surface area (Å²) in [7, 11) is 2.03. The number of aliphatic hydroxyl groups is 1. The minimum Gasteiger partial charge on any atom is -0.488 e. The van der Waals surface area contributed by atoms with Crippen LogP contribution in [0.5, 0.6) is 5.75 Å². The number of nitrogens with one attached hydrogen (secondary N) is 1. The number of H-pyrrole nitrogens is 1. The lowest BCUT2D eigenvalue weighted by Crippen LogP contribution is -2.16. The normalized spacial score (nSPS) is 12.8. The zero-order chi connectivity index (χ0) is 16.7. The van der Waals surface area contributed by atoms with Crippen LogP contribution in [0, 0.1) is 0 Å². The Labute approximate surface area is 139 Å². The van der Waals surface area contributed by atoms with E-state index in [1.807, 2.05) is 44.3 Å². The summed E-state index contributed by atoms with van der Waals surface area (Å²) in [5, 5.41) is 11.4. The molecule has 0 bridgehead atoms. The van der Waals surface area contributed by atoms with Gasteiger partial charge in [-0.15, -0.1) is 0 Å². The van der Waals surface area contributed by atoms with Gasteiger partial charge in [-0.1, -0.05) is 0 Å². The van der Waals surface area contributed by atoms with E-state index in [2.05, 4.69) is 26.8 Å². The van der Waals surface area contributed by atoms with Gasteiger partial charge in [0.2, 0.25) is 0 Å². The molecule has 122 valence electrons. The van der Waals surface area contributed by atoms with Crippen molar-refractivity contribution in [3.05, 3.63) is 48.8 Å². The van der Waals surface area contributed by atoms with Gasteiger partial charge in [0.15, 0.2) is 0 Å². The smallest absolute Gasteiger partial charge is 0.137 e. The van der Waals surface area contributed by atoms with Gasteiger partial charge in [0.1, 0.15) is 17.5 Å². The second-order valence-corrected chi connectivity index (χ2v) is 6.07. The van der Waals surface area contributed by atoms with E-state index < -0.39 is 0 Å². The van der Waals surface area contributed by atoms with E-state index in [9.17, 15) is 5.11 Å². The highest BCUT2D eigenvalue weighted by molar-refractivity contribution is 5.98. The predicted molar refractivity (Wildman–Crippen MR) is 95.2 cm³/mol. The molecule has 5 nitrogen and oxygen atoms in total. The van der Waals surface area contributed by atoms with Crippen molar-refractivity contribution < 1.29 is 9.84 Å². The summed E-state index contributed by atoms with van der Waals surface area (Å²) in [6.45, 7) is 1.84. The molecule has 24 heavy (non-hydrogen) atoms. The fourth-order valence-electron chi connectivity index (χ4n) is 3.03. The molecule has 1 aromatic carbocycles. The highest BCUT2D eigenvalue weighted by atomic mass is 16.5. The third kappa shape index (κ3) is 2.43. The Morgan fingerprint density at radius 2 is 2.17 bits per heavy atom. The molecular formula is C19H19N3O2. The van der Waals surface area contributed by atoms with Crippen molar-refractivity contribution in [3.8, 4) is 17.0 Å². The van der Waals surface area contributed by atoms with Crippen LogP contribution in [0.1, 0.15) is 6.92 Å². The van der Waals surface area contributed by atoms with Crippen LogP contribution < -0.4 is 4.74 Å². The van der Waals surface area contributed by atoms with Crippen LogP contribution in [-0.2, 0) is 7.05 Å². The van der Waals surface area contributed by atoms with Crippen LogP contribution in [-0.4, -0.2) is 32.4 Å². The van der Waals surface area contributed by atoms with E-state index in [1.165, 1.54) is 0 Å². The van der Waals surface area contributed by atoms with Crippen molar-refractivity contribution in [1.82, 2.24) is 14.5 Å². The number of aromatic nitrogens is 3. The number of nitrogens with zero attached hydrogens (tertiary/aromatic N) is 2. The summed E-state index contributed by atoms with van der Waals surface area (Å²) < 4.78 is 7.85. The van der Waals surface area contributed by atoms with Crippen LogP contribution in [0.4, 0.5) is 0 Å². The molecule has 2 N–H and O–H groups in total. The third-order valence-corrected chi connectivity index (χ3v) is 4.24. The molecule has 0 saturated heterocycles. The van der Waals surface area contributed by atoms with E-state index in [0.29, 0.717) is 0 Å². The second kappa shape index (κ2) is 5.69. The molecule has 0 saturated carbocycles. The lowest BCUT2D eigenvalue weighted by molar-refractivity contribution is 0.130. The van der Waals surface area contributed by atoms with Gasteiger partial charge in [-0.2, -0.15) is 0 Å². The molecule has 3 heterocycles. The maximum atomic E-state index is 9.19. The molecule has 0 fully saturated rings. The van der Waals surface area contributed by atoms with Gasteiger partial charge in [0.05, 0.1) is 6.61 Å². The Hall–Kier alpha value is -2.79. The lowest BCUT2D eigenvalue weighted by Gasteiger charge is -2.12. The summed E-state index contributed by atoms with van der Waals surface area (Å²) in [4.78, 5) is 7.75. The number of aryl methyl sites for hydroxylation is 1. The van der Waals surface area contributed by atoms with Crippen molar-refractivity contribution >= 4 is 21.9 Å². The van der Waals surface area contributed by atoms with E-state index in [4.69, 9.17) is 4.74 Å². The van der Waals surface area contributed by atoms with Gasteiger partial charge in [0, 0.05) is 47.0 Å². The largest absolute Gasteiger partial charge is 0.488 e. The fraction of sp³-hybridized carbons (Fsp3) is 0.211. The molecule has 0 spiro atoms. The number of hydrogen-bond acceptors (Lipinski definition) is 3. The Kier molecular flexibility index (Phi) is 3.50. The molecule has 1 unspecified atom stereocenters. The van der Waals surface area contributed by atoms with Gasteiger partial charge in [-0.25, -0.2) is 4.98 Å². The quantitative estimate of drug-likeness (QED) is 0.605. The standard InChI is InChI=1S/C19H19N3O2/c1-12(11-23)24-14-5-6-18-15(9-14)16(10-22(18)2)17-8-13-4-3-7-20-19(13)21-17/h3-10,12,23H,11H2,1-2H3,(H,20,21). The van der Waals surface area contributed by atoms with Crippen LogP contribution in [0.2, 0.25) is 0 Å². The molecule has 0 aliphatic rings. The number of pyridine rings is 1. The van der Waals surface area contributed by atoms with E-state index in [-0.39, 0.29) is 12.7 Å². The minimum absolute atomic E-state index is 0.00658. The molecule has 0 radical (unpaired) electrons. The highest BCUT2D eigenvalue weighted by Gasteiger charge is 2.13. The van der Waals surface area contributed by atoms with Crippen molar-refractivity contribution in [2.75, 3.05) is 6.61 Å². The number of aromatic amines is 1. The number of benzene rings is 1. The van der Waals surface area contributed by atoms with Gasteiger partial charge >= 0.3 is 0 Å². The van der Waals surface area contributed by atoms with E-state index >= 15 is 0 Å². The average Bonchev–Trinajstić information content (AvgIpc) is 3.15. The first-order valence-electron chi connectivity index (χ1n) is 7.96. The zero-order valence-electron chi connectivity index (χ0n) is 13.7. The molecule has 4 aromatic rings. The molecule has 0 aliphatic carbocycles. The number of fused-ring (bicyclic) bond motifs is 2. The lowest BCUT2D eigenvalue weighted by atomic mass is 10.1. The van der Waals surface area contributed by atoms with Crippen molar-refractivity contribution in [2.45, 2.75) is 13.0 Å².